The second-order valence-corrected chi connectivity index (χ2v) is 7.89. The predicted octanol–water partition coefficient (Wildman–Crippen LogP) is 3.44. The van der Waals surface area contributed by atoms with E-state index in [0.717, 1.165) is 34.5 Å². The Bertz CT molecular complexity index is 1490. The Labute approximate surface area is 175 Å². The second kappa shape index (κ2) is 6.00. The van der Waals surface area contributed by atoms with E-state index in [-0.39, 0.29) is 11.9 Å². The molecule has 0 radical (unpaired) electrons. The Balaban J connectivity index is 1.28. The van der Waals surface area contributed by atoms with Gasteiger partial charge in [-0.1, -0.05) is 0 Å². The molecule has 0 saturated heterocycles. The van der Waals surface area contributed by atoms with Crippen LogP contribution < -0.4 is 10.1 Å². The molecule has 5 aromatic rings. The topological polar surface area (TPSA) is 81.6 Å². The van der Waals surface area contributed by atoms with Crippen LogP contribution in [0.4, 0.5) is 10.3 Å². The average Bonchev–Trinajstić information content (AvgIpc) is 3.19. The number of rotatable bonds is 4. The van der Waals surface area contributed by atoms with Gasteiger partial charge in [0, 0.05) is 59.5 Å². The molecule has 1 aliphatic carbocycles. The minimum Gasteiger partial charge on any atom is -0.489 e. The van der Waals surface area contributed by atoms with Crippen molar-refractivity contribution in [2.45, 2.75) is 25.0 Å². The molecular formula is C22H16FN7O. The van der Waals surface area contributed by atoms with Crippen molar-refractivity contribution in [3.8, 4) is 16.9 Å². The summed E-state index contributed by atoms with van der Waals surface area (Å²) < 4.78 is 24.2. The lowest BCUT2D eigenvalue weighted by molar-refractivity contribution is 0.318. The Morgan fingerprint density at radius 3 is 3.06 bits per heavy atom. The number of nitrogens with zero attached hydrogens (tertiary/aromatic N) is 6. The molecule has 5 heterocycles. The zero-order valence-electron chi connectivity index (χ0n) is 16.2. The molecule has 0 bridgehead atoms. The number of ether oxygens (including phenoxy) is 1. The zero-order chi connectivity index (χ0) is 20.5. The van der Waals surface area contributed by atoms with Gasteiger partial charge >= 0.3 is 0 Å². The van der Waals surface area contributed by atoms with Crippen LogP contribution in [-0.2, 0) is 6.54 Å². The number of anilines is 1. The summed E-state index contributed by atoms with van der Waals surface area (Å²) in [5, 5.41) is 11.6. The van der Waals surface area contributed by atoms with Crippen molar-refractivity contribution in [3.63, 3.8) is 0 Å². The van der Waals surface area contributed by atoms with Crippen LogP contribution >= 0.6 is 0 Å². The summed E-state index contributed by atoms with van der Waals surface area (Å²) in [6.45, 7) is 0.303. The van der Waals surface area contributed by atoms with E-state index in [9.17, 15) is 4.39 Å². The number of hydrogen-bond donors (Lipinski definition) is 1. The van der Waals surface area contributed by atoms with Crippen molar-refractivity contribution < 1.29 is 9.13 Å². The van der Waals surface area contributed by atoms with Crippen LogP contribution in [0.25, 0.3) is 22.4 Å². The van der Waals surface area contributed by atoms with Crippen molar-refractivity contribution in [1.82, 2.24) is 29.0 Å². The summed E-state index contributed by atoms with van der Waals surface area (Å²) in [6.07, 6.45) is 10.1. The van der Waals surface area contributed by atoms with Crippen molar-refractivity contribution in [2.24, 2.45) is 0 Å². The van der Waals surface area contributed by atoms with Gasteiger partial charge in [0.25, 0.3) is 0 Å². The molecule has 152 valence electrons. The van der Waals surface area contributed by atoms with Gasteiger partial charge in [-0.05, 0) is 30.7 Å². The molecule has 1 saturated carbocycles. The van der Waals surface area contributed by atoms with E-state index >= 15 is 0 Å². The smallest absolute Gasteiger partial charge is 0.210 e. The summed E-state index contributed by atoms with van der Waals surface area (Å²) in [5.41, 5.74) is 4.82. The van der Waals surface area contributed by atoms with Gasteiger partial charge in [0.05, 0.1) is 0 Å². The number of hydrogen-bond acceptors (Lipinski definition) is 6. The standard InChI is InChI=1S/C22H16FN7O/c23-16-3-4-17-19(13-8-18(13)31-17)15(16)10-26-22-25-9-14(21-28-27-11-30(21)22)12-2-1-6-29-7-5-24-20(12)29/h1-7,9,11,13,18H,8,10H2,(H,25,26)/t13-,18+/m0/s1. The van der Waals surface area contributed by atoms with Crippen LogP contribution in [0, 0.1) is 5.82 Å². The van der Waals surface area contributed by atoms with Crippen LogP contribution in [0.15, 0.2) is 55.4 Å². The maximum Gasteiger partial charge on any atom is 0.210 e. The third-order valence-electron chi connectivity index (χ3n) is 6.11. The largest absolute Gasteiger partial charge is 0.489 e. The van der Waals surface area contributed by atoms with Gasteiger partial charge in [-0.25, -0.2) is 14.4 Å². The summed E-state index contributed by atoms with van der Waals surface area (Å²) in [7, 11) is 0. The highest BCUT2D eigenvalue weighted by Gasteiger charge is 2.49. The quantitative estimate of drug-likeness (QED) is 0.486. The van der Waals surface area contributed by atoms with E-state index in [2.05, 4.69) is 25.5 Å². The van der Waals surface area contributed by atoms with Gasteiger partial charge in [0.2, 0.25) is 5.95 Å². The predicted molar refractivity (Wildman–Crippen MR) is 110 cm³/mol. The molecule has 1 fully saturated rings. The maximum absolute atomic E-state index is 14.6. The molecule has 9 heteroatoms. The first-order valence-corrected chi connectivity index (χ1v) is 10.1. The van der Waals surface area contributed by atoms with Gasteiger partial charge in [-0.15, -0.1) is 10.2 Å². The number of aromatic nitrogens is 6. The Morgan fingerprint density at radius 1 is 1.13 bits per heavy atom. The second-order valence-electron chi connectivity index (χ2n) is 7.89. The molecule has 0 spiro atoms. The van der Waals surface area contributed by atoms with E-state index < -0.39 is 0 Å². The van der Waals surface area contributed by atoms with Gasteiger partial charge < -0.3 is 14.5 Å². The number of pyridine rings is 1. The van der Waals surface area contributed by atoms with E-state index in [4.69, 9.17) is 4.74 Å². The highest BCUT2D eigenvalue weighted by molar-refractivity contribution is 5.85. The summed E-state index contributed by atoms with van der Waals surface area (Å²) in [6, 6.07) is 7.13. The summed E-state index contributed by atoms with van der Waals surface area (Å²) >= 11 is 0. The fraction of sp³-hybridized carbons (Fsp3) is 0.182. The maximum atomic E-state index is 14.6. The lowest BCUT2D eigenvalue weighted by Gasteiger charge is -2.14. The molecule has 0 amide bonds. The van der Waals surface area contributed by atoms with Crippen LogP contribution in [0.3, 0.4) is 0 Å². The highest BCUT2D eigenvalue weighted by atomic mass is 19.1. The van der Waals surface area contributed by atoms with Crippen molar-refractivity contribution in [1.29, 1.82) is 0 Å². The van der Waals surface area contributed by atoms with Crippen LogP contribution in [-0.4, -0.2) is 35.1 Å². The van der Waals surface area contributed by atoms with Crippen LogP contribution in [0.1, 0.15) is 23.5 Å². The number of benzene rings is 1. The fourth-order valence-corrected chi connectivity index (χ4v) is 4.54. The van der Waals surface area contributed by atoms with Crippen LogP contribution in [0.2, 0.25) is 0 Å². The van der Waals surface area contributed by atoms with Gasteiger partial charge in [0.1, 0.15) is 29.6 Å². The first-order valence-electron chi connectivity index (χ1n) is 10.1. The molecule has 31 heavy (non-hydrogen) atoms. The minimum absolute atomic E-state index is 0.211. The molecule has 7 rings (SSSR count). The van der Waals surface area contributed by atoms with Crippen molar-refractivity contribution in [3.05, 3.63) is 72.3 Å². The fourth-order valence-electron chi connectivity index (χ4n) is 4.54. The Morgan fingerprint density at radius 2 is 2.10 bits per heavy atom. The van der Waals surface area contributed by atoms with E-state index in [1.165, 1.54) is 6.07 Å². The van der Waals surface area contributed by atoms with Gasteiger partial charge in [0.15, 0.2) is 5.65 Å². The van der Waals surface area contributed by atoms with Gasteiger partial charge in [-0.2, -0.15) is 0 Å². The third kappa shape index (κ3) is 2.40. The third-order valence-corrected chi connectivity index (χ3v) is 6.11. The lowest BCUT2D eigenvalue weighted by atomic mass is 10.0. The number of imidazole rings is 1. The lowest BCUT2D eigenvalue weighted by Crippen LogP contribution is -2.10. The summed E-state index contributed by atoms with van der Waals surface area (Å²) in [5.74, 6) is 1.42. The number of nitrogens with one attached hydrogen (secondary N) is 1. The average molecular weight is 413 g/mol. The SMILES string of the molecule is Fc1ccc2c(c1CNc1ncc(-c3cccn4ccnc34)c3nncn13)[C@H]1C[C@H]1O2. The zero-order valence-corrected chi connectivity index (χ0v) is 16.2. The molecule has 1 aliphatic heterocycles. The molecular weight excluding hydrogens is 397 g/mol. The van der Waals surface area contributed by atoms with E-state index in [1.807, 2.05) is 28.9 Å². The molecule has 2 aliphatic rings. The summed E-state index contributed by atoms with van der Waals surface area (Å²) in [4.78, 5) is 9.04. The van der Waals surface area contributed by atoms with E-state index in [0.29, 0.717) is 29.6 Å². The van der Waals surface area contributed by atoms with E-state index in [1.54, 1.807) is 29.2 Å². The molecule has 1 N–H and O–H groups in total. The van der Waals surface area contributed by atoms with Gasteiger partial charge in [-0.3, -0.25) is 4.40 Å². The number of halogens is 1. The monoisotopic (exact) mass is 413 g/mol. The number of fused-ring (bicyclic) bond motifs is 5. The first-order chi connectivity index (χ1) is 15.3. The normalized spacial score (nSPS) is 18.7. The first kappa shape index (κ1) is 16.8. The van der Waals surface area contributed by atoms with Crippen molar-refractivity contribution in [2.75, 3.05) is 5.32 Å². The molecule has 1 aromatic carbocycles. The van der Waals surface area contributed by atoms with Crippen molar-refractivity contribution >= 4 is 17.2 Å². The van der Waals surface area contributed by atoms with Crippen LogP contribution in [0.5, 0.6) is 5.75 Å². The Hall–Kier alpha value is -4.01. The minimum atomic E-state index is -0.231. The molecule has 2 atom stereocenters. The molecule has 0 unspecified atom stereocenters. The highest BCUT2D eigenvalue weighted by Crippen LogP contribution is 2.55. The Kier molecular flexibility index (Phi) is 3.24. The molecule has 4 aromatic heterocycles. The molecule has 8 nitrogen and oxygen atoms in total.